The number of nitrogens with two attached hydrogens (primary N) is 1. The van der Waals surface area contributed by atoms with Crippen LogP contribution < -0.4 is 10.5 Å². The van der Waals surface area contributed by atoms with Crippen LogP contribution in [0, 0.1) is 11.7 Å². The lowest BCUT2D eigenvalue weighted by molar-refractivity contribution is 0.260. The second-order valence-corrected chi connectivity index (χ2v) is 4.10. The molecule has 0 heterocycles. The molecule has 0 aromatic heterocycles. The van der Waals surface area contributed by atoms with Crippen molar-refractivity contribution in [3.05, 3.63) is 29.6 Å². The van der Waals surface area contributed by atoms with Crippen molar-refractivity contribution < 1.29 is 9.13 Å². The van der Waals surface area contributed by atoms with E-state index in [9.17, 15) is 4.39 Å². The van der Waals surface area contributed by atoms with Gasteiger partial charge in [-0.3, -0.25) is 0 Å². The summed E-state index contributed by atoms with van der Waals surface area (Å²) in [6, 6.07) is 4.73. The fourth-order valence-corrected chi connectivity index (χ4v) is 1.96. The molecule has 82 valence electrons. The van der Waals surface area contributed by atoms with E-state index >= 15 is 0 Å². The van der Waals surface area contributed by atoms with Crippen LogP contribution in [0.4, 0.5) is 4.39 Å². The minimum Gasteiger partial charge on any atom is -0.497 e. The highest BCUT2D eigenvalue weighted by Crippen LogP contribution is 2.37. The van der Waals surface area contributed by atoms with Crippen molar-refractivity contribution in [1.82, 2.24) is 0 Å². The molecular weight excluding hydrogens is 193 g/mol. The molecule has 0 bridgehead atoms. The fraction of sp³-hybridized carbons (Fsp3) is 0.500. The third-order valence-corrected chi connectivity index (χ3v) is 3.22. The molecule has 0 saturated heterocycles. The summed E-state index contributed by atoms with van der Waals surface area (Å²) in [5.74, 6) is 0.735. The summed E-state index contributed by atoms with van der Waals surface area (Å²) in [4.78, 5) is 0. The van der Waals surface area contributed by atoms with Gasteiger partial charge in [0.15, 0.2) is 0 Å². The van der Waals surface area contributed by atoms with Crippen molar-refractivity contribution in [2.24, 2.45) is 11.7 Å². The molecule has 1 fully saturated rings. The van der Waals surface area contributed by atoms with Crippen LogP contribution in [0.15, 0.2) is 18.2 Å². The average Bonchev–Trinajstić information content (AvgIpc) is 2.14. The first kappa shape index (κ1) is 10.4. The molecule has 1 aliphatic rings. The van der Waals surface area contributed by atoms with Crippen LogP contribution in [0.3, 0.4) is 0 Å². The van der Waals surface area contributed by atoms with E-state index in [0.29, 0.717) is 17.2 Å². The largest absolute Gasteiger partial charge is 0.497 e. The summed E-state index contributed by atoms with van der Waals surface area (Å²) < 4.78 is 18.6. The number of hydrogen-bond donors (Lipinski definition) is 1. The molecule has 0 radical (unpaired) electrons. The number of halogens is 1. The van der Waals surface area contributed by atoms with Crippen LogP contribution in [-0.2, 0) is 0 Å². The smallest absolute Gasteiger partial charge is 0.131 e. The van der Waals surface area contributed by atoms with E-state index in [1.807, 2.05) is 0 Å². The molecule has 2 rings (SSSR count). The van der Waals surface area contributed by atoms with Gasteiger partial charge in [-0.15, -0.1) is 0 Å². The number of ether oxygens (including phenoxy) is 1. The minimum absolute atomic E-state index is 0.162. The van der Waals surface area contributed by atoms with Crippen molar-refractivity contribution in [1.29, 1.82) is 0 Å². The maximum Gasteiger partial charge on any atom is 0.131 e. The Bertz CT molecular complexity index is 349. The molecule has 2 N–H and O–H groups in total. The van der Waals surface area contributed by atoms with E-state index in [0.717, 1.165) is 12.8 Å². The molecule has 1 saturated carbocycles. The van der Waals surface area contributed by atoms with Gasteiger partial charge in [-0.05, 0) is 24.8 Å². The minimum atomic E-state index is -0.256. The molecule has 0 aliphatic heterocycles. The maximum absolute atomic E-state index is 13.6. The third kappa shape index (κ3) is 1.97. The van der Waals surface area contributed by atoms with E-state index in [2.05, 4.69) is 0 Å². The third-order valence-electron chi connectivity index (χ3n) is 3.22. The molecule has 3 heteroatoms. The number of methoxy groups -OCH3 is 1. The lowest BCUT2D eigenvalue weighted by Gasteiger charge is -2.31. The van der Waals surface area contributed by atoms with Gasteiger partial charge in [0, 0.05) is 17.7 Å². The summed E-state index contributed by atoms with van der Waals surface area (Å²) in [6.45, 7) is 0. The highest BCUT2D eigenvalue weighted by atomic mass is 19.1. The summed E-state index contributed by atoms with van der Waals surface area (Å²) in [7, 11) is 1.53. The Morgan fingerprint density at radius 2 is 2.20 bits per heavy atom. The van der Waals surface area contributed by atoms with Crippen LogP contribution in [0.2, 0.25) is 0 Å². The van der Waals surface area contributed by atoms with Crippen molar-refractivity contribution >= 4 is 0 Å². The molecule has 15 heavy (non-hydrogen) atoms. The van der Waals surface area contributed by atoms with Crippen LogP contribution >= 0.6 is 0 Å². The first-order valence-electron chi connectivity index (χ1n) is 5.31. The first-order chi connectivity index (χ1) is 7.22. The van der Waals surface area contributed by atoms with Gasteiger partial charge < -0.3 is 10.5 Å². The SMILES string of the molecule is COc1ccc([C@@H](N)C2CCC2)c(F)c1. The Morgan fingerprint density at radius 3 is 2.67 bits per heavy atom. The molecular formula is C12H16FNO. The fourth-order valence-electron chi connectivity index (χ4n) is 1.96. The van der Waals surface area contributed by atoms with Gasteiger partial charge in [0.2, 0.25) is 0 Å². The predicted octanol–water partition coefficient (Wildman–Crippen LogP) is 2.63. The van der Waals surface area contributed by atoms with Crippen LogP contribution in [-0.4, -0.2) is 7.11 Å². The first-order valence-corrected chi connectivity index (χ1v) is 5.31. The van der Waals surface area contributed by atoms with Crippen LogP contribution in [0.5, 0.6) is 5.75 Å². The number of hydrogen-bond acceptors (Lipinski definition) is 2. The van der Waals surface area contributed by atoms with E-state index in [1.165, 1.54) is 19.6 Å². The van der Waals surface area contributed by atoms with Gasteiger partial charge in [0.05, 0.1) is 7.11 Å². The zero-order chi connectivity index (χ0) is 10.8. The maximum atomic E-state index is 13.6. The summed E-state index contributed by atoms with van der Waals surface area (Å²) in [5.41, 5.74) is 6.62. The number of rotatable bonds is 3. The molecule has 2 nitrogen and oxygen atoms in total. The summed E-state index contributed by atoms with van der Waals surface area (Å²) in [6.07, 6.45) is 3.45. The van der Waals surface area contributed by atoms with Crippen molar-refractivity contribution in [3.8, 4) is 5.75 Å². The molecule has 1 atom stereocenters. The predicted molar refractivity (Wildman–Crippen MR) is 57.2 cm³/mol. The van der Waals surface area contributed by atoms with Gasteiger partial charge in [-0.2, -0.15) is 0 Å². The van der Waals surface area contributed by atoms with Crippen LogP contribution in [0.1, 0.15) is 30.9 Å². The highest BCUT2D eigenvalue weighted by molar-refractivity contribution is 5.31. The zero-order valence-corrected chi connectivity index (χ0v) is 8.87. The Hall–Kier alpha value is -1.09. The van der Waals surface area contributed by atoms with Gasteiger partial charge in [0.1, 0.15) is 11.6 Å². The second-order valence-electron chi connectivity index (χ2n) is 4.10. The van der Waals surface area contributed by atoms with E-state index in [1.54, 1.807) is 12.1 Å². The van der Waals surface area contributed by atoms with Gasteiger partial charge in [-0.1, -0.05) is 12.5 Å². The molecule has 1 aromatic rings. The standard InChI is InChI=1S/C12H16FNO/c1-15-9-5-6-10(11(13)7-9)12(14)8-3-2-4-8/h5-8,12H,2-4,14H2,1H3/t12-/m0/s1. The summed E-state index contributed by atoms with van der Waals surface area (Å²) in [5, 5.41) is 0. The van der Waals surface area contributed by atoms with Crippen molar-refractivity contribution in [2.45, 2.75) is 25.3 Å². The van der Waals surface area contributed by atoms with Crippen molar-refractivity contribution in [2.75, 3.05) is 7.11 Å². The number of benzene rings is 1. The Balaban J connectivity index is 2.19. The topological polar surface area (TPSA) is 35.2 Å². The molecule has 0 spiro atoms. The molecule has 1 aromatic carbocycles. The Morgan fingerprint density at radius 1 is 1.47 bits per heavy atom. The molecule has 0 amide bonds. The lowest BCUT2D eigenvalue weighted by atomic mass is 9.77. The second kappa shape index (κ2) is 4.19. The van der Waals surface area contributed by atoms with E-state index in [-0.39, 0.29) is 11.9 Å². The van der Waals surface area contributed by atoms with Gasteiger partial charge in [0.25, 0.3) is 0 Å². The van der Waals surface area contributed by atoms with E-state index in [4.69, 9.17) is 10.5 Å². The normalized spacial score (nSPS) is 18.3. The van der Waals surface area contributed by atoms with Gasteiger partial charge in [-0.25, -0.2) is 4.39 Å². The quantitative estimate of drug-likeness (QED) is 0.830. The highest BCUT2D eigenvalue weighted by Gasteiger charge is 2.27. The Labute approximate surface area is 89.2 Å². The molecule has 0 unspecified atom stereocenters. The van der Waals surface area contributed by atoms with E-state index < -0.39 is 0 Å². The van der Waals surface area contributed by atoms with Crippen molar-refractivity contribution in [3.63, 3.8) is 0 Å². The molecule has 1 aliphatic carbocycles. The average molecular weight is 209 g/mol. The van der Waals surface area contributed by atoms with Gasteiger partial charge >= 0.3 is 0 Å². The Kier molecular flexibility index (Phi) is 2.91. The summed E-state index contributed by atoms with van der Waals surface area (Å²) >= 11 is 0. The zero-order valence-electron chi connectivity index (χ0n) is 8.87. The monoisotopic (exact) mass is 209 g/mol. The van der Waals surface area contributed by atoms with Crippen LogP contribution in [0.25, 0.3) is 0 Å². The lowest BCUT2D eigenvalue weighted by Crippen LogP contribution is -2.27.